The zero-order valence-electron chi connectivity index (χ0n) is 10.4. The fourth-order valence-corrected chi connectivity index (χ4v) is 3.11. The molecule has 0 aliphatic carbocycles. The minimum Gasteiger partial charge on any atom is -0.390 e. The number of halogens is 2. The van der Waals surface area contributed by atoms with E-state index in [0.29, 0.717) is 10.0 Å². The zero-order valence-corrected chi connectivity index (χ0v) is 12.0. The molecule has 0 spiro atoms. The Morgan fingerprint density at radius 3 is 2.65 bits per heavy atom. The Hall–Kier alpha value is -0.610. The summed E-state index contributed by atoms with van der Waals surface area (Å²) >= 11 is 3.22. The number of aryl methyl sites for hydroxylation is 1. The molecule has 0 aromatic heterocycles. The third-order valence-electron chi connectivity index (χ3n) is 3.57. The molecule has 0 amide bonds. The molecule has 2 rings (SSSR count). The number of aliphatic hydroxyl groups excluding tert-OH is 1. The first-order valence-electron chi connectivity index (χ1n) is 5.70. The number of aliphatic hydroxyl groups is 1. The summed E-state index contributed by atoms with van der Waals surface area (Å²) in [6.07, 6.45) is -0.613. The standard InChI is InChI=1S/C13H17BrFNO/c1-6-5-8(14)10(15)9-7(2)12(17)13(3,4)16-11(6)9/h5,7,12,16-17H,1-4H3. The molecule has 17 heavy (non-hydrogen) atoms. The van der Waals surface area contributed by atoms with Crippen LogP contribution < -0.4 is 5.32 Å². The minimum absolute atomic E-state index is 0.225. The first-order chi connectivity index (χ1) is 7.75. The highest BCUT2D eigenvalue weighted by atomic mass is 79.9. The van der Waals surface area contributed by atoms with Gasteiger partial charge >= 0.3 is 0 Å². The highest BCUT2D eigenvalue weighted by Gasteiger charge is 2.40. The second-order valence-corrected chi connectivity index (χ2v) is 6.21. The number of nitrogens with one attached hydrogen (secondary N) is 1. The van der Waals surface area contributed by atoms with Gasteiger partial charge in [-0.2, -0.15) is 0 Å². The van der Waals surface area contributed by atoms with Crippen molar-refractivity contribution in [3.63, 3.8) is 0 Å². The topological polar surface area (TPSA) is 32.3 Å². The van der Waals surface area contributed by atoms with Gasteiger partial charge in [-0.15, -0.1) is 0 Å². The number of benzene rings is 1. The van der Waals surface area contributed by atoms with Crippen molar-refractivity contribution >= 4 is 21.6 Å². The van der Waals surface area contributed by atoms with Gasteiger partial charge in [-0.25, -0.2) is 4.39 Å². The van der Waals surface area contributed by atoms with E-state index < -0.39 is 11.6 Å². The molecule has 1 heterocycles. The van der Waals surface area contributed by atoms with E-state index in [0.717, 1.165) is 11.3 Å². The SMILES string of the molecule is Cc1cc(Br)c(F)c2c1NC(C)(C)C(O)C2C. The smallest absolute Gasteiger partial charge is 0.143 e. The van der Waals surface area contributed by atoms with E-state index in [1.165, 1.54) is 0 Å². The fourth-order valence-electron chi connectivity index (χ4n) is 2.55. The second kappa shape index (κ2) is 3.95. The molecule has 1 aromatic carbocycles. The van der Waals surface area contributed by atoms with Crippen molar-refractivity contribution in [2.45, 2.75) is 45.3 Å². The maximum Gasteiger partial charge on any atom is 0.143 e. The summed E-state index contributed by atoms with van der Waals surface area (Å²) in [7, 11) is 0. The van der Waals surface area contributed by atoms with Crippen LogP contribution in [0, 0.1) is 12.7 Å². The molecule has 0 saturated carbocycles. The van der Waals surface area contributed by atoms with Crippen LogP contribution in [0.1, 0.15) is 37.8 Å². The number of rotatable bonds is 0. The molecular formula is C13H17BrFNO. The highest BCUT2D eigenvalue weighted by molar-refractivity contribution is 9.10. The molecule has 2 N–H and O–H groups in total. The third-order valence-corrected chi connectivity index (χ3v) is 4.15. The molecule has 94 valence electrons. The lowest BCUT2D eigenvalue weighted by Crippen LogP contribution is -2.50. The van der Waals surface area contributed by atoms with Crippen molar-refractivity contribution in [3.8, 4) is 0 Å². The molecule has 0 saturated heterocycles. The van der Waals surface area contributed by atoms with E-state index in [2.05, 4.69) is 21.2 Å². The van der Waals surface area contributed by atoms with Gasteiger partial charge in [0.2, 0.25) is 0 Å². The van der Waals surface area contributed by atoms with Crippen LogP contribution in [0.25, 0.3) is 0 Å². The summed E-state index contributed by atoms with van der Waals surface area (Å²) in [5.74, 6) is -0.502. The Kier molecular flexibility index (Phi) is 2.99. The van der Waals surface area contributed by atoms with Crippen LogP contribution in [0.5, 0.6) is 0 Å². The molecule has 0 bridgehead atoms. The number of anilines is 1. The van der Waals surface area contributed by atoms with Gasteiger partial charge in [-0.05, 0) is 48.3 Å². The lowest BCUT2D eigenvalue weighted by atomic mass is 9.78. The first kappa shape index (κ1) is 12.8. The highest BCUT2D eigenvalue weighted by Crippen LogP contribution is 2.43. The monoisotopic (exact) mass is 301 g/mol. The summed E-state index contributed by atoms with van der Waals surface area (Å²) in [6, 6.07) is 1.77. The Morgan fingerprint density at radius 2 is 2.06 bits per heavy atom. The van der Waals surface area contributed by atoms with Gasteiger partial charge in [0.1, 0.15) is 5.82 Å². The lowest BCUT2D eigenvalue weighted by Gasteiger charge is -2.43. The maximum atomic E-state index is 14.1. The van der Waals surface area contributed by atoms with Crippen molar-refractivity contribution in [2.24, 2.45) is 0 Å². The van der Waals surface area contributed by atoms with Crippen molar-refractivity contribution in [1.29, 1.82) is 0 Å². The summed E-state index contributed by atoms with van der Waals surface area (Å²) < 4.78 is 14.6. The van der Waals surface area contributed by atoms with Crippen LogP contribution >= 0.6 is 15.9 Å². The van der Waals surface area contributed by atoms with Crippen molar-refractivity contribution in [3.05, 3.63) is 27.5 Å². The number of hydrogen-bond acceptors (Lipinski definition) is 2. The molecule has 0 radical (unpaired) electrons. The summed E-state index contributed by atoms with van der Waals surface area (Å²) in [5.41, 5.74) is 1.93. The van der Waals surface area contributed by atoms with E-state index in [-0.39, 0.29) is 11.7 Å². The first-order valence-corrected chi connectivity index (χ1v) is 6.49. The Labute approximate surface area is 109 Å². The molecule has 0 fully saturated rings. The Morgan fingerprint density at radius 1 is 1.47 bits per heavy atom. The van der Waals surface area contributed by atoms with Crippen molar-refractivity contribution in [1.82, 2.24) is 0 Å². The van der Waals surface area contributed by atoms with Crippen LogP contribution in [-0.2, 0) is 0 Å². The van der Waals surface area contributed by atoms with Crippen molar-refractivity contribution < 1.29 is 9.50 Å². The van der Waals surface area contributed by atoms with Crippen LogP contribution in [0.4, 0.5) is 10.1 Å². The fraction of sp³-hybridized carbons (Fsp3) is 0.538. The van der Waals surface area contributed by atoms with Crippen molar-refractivity contribution in [2.75, 3.05) is 5.32 Å². The molecule has 4 heteroatoms. The maximum absolute atomic E-state index is 14.1. The van der Waals surface area contributed by atoms with Gasteiger partial charge in [0.05, 0.1) is 16.1 Å². The van der Waals surface area contributed by atoms with E-state index >= 15 is 0 Å². The predicted octanol–water partition coefficient (Wildman–Crippen LogP) is 3.57. The van der Waals surface area contributed by atoms with E-state index in [1.807, 2.05) is 27.7 Å². The number of fused-ring (bicyclic) bond motifs is 1. The second-order valence-electron chi connectivity index (χ2n) is 5.36. The molecule has 2 atom stereocenters. The average Bonchev–Trinajstić information content (AvgIpc) is 2.22. The normalized spacial score (nSPS) is 26.3. The van der Waals surface area contributed by atoms with Gasteiger partial charge in [0.15, 0.2) is 0 Å². The average molecular weight is 302 g/mol. The molecule has 2 nitrogen and oxygen atoms in total. The molecule has 1 aliphatic heterocycles. The van der Waals surface area contributed by atoms with E-state index in [1.54, 1.807) is 6.07 Å². The Bertz CT molecular complexity index is 473. The summed E-state index contributed by atoms with van der Waals surface area (Å²) in [4.78, 5) is 0. The van der Waals surface area contributed by atoms with Gasteiger partial charge < -0.3 is 10.4 Å². The van der Waals surface area contributed by atoms with Crippen LogP contribution in [0.3, 0.4) is 0 Å². The van der Waals surface area contributed by atoms with Gasteiger partial charge in [0, 0.05) is 17.2 Å². The Balaban J connectivity index is 2.69. The molecule has 1 aliphatic rings. The van der Waals surface area contributed by atoms with Gasteiger partial charge in [-0.3, -0.25) is 0 Å². The molecule has 2 unspecified atom stereocenters. The summed E-state index contributed by atoms with van der Waals surface area (Å²) in [6.45, 7) is 7.66. The number of hydrogen-bond donors (Lipinski definition) is 2. The quantitative estimate of drug-likeness (QED) is 0.768. The van der Waals surface area contributed by atoms with Crippen LogP contribution in [0.2, 0.25) is 0 Å². The lowest BCUT2D eigenvalue weighted by molar-refractivity contribution is 0.0854. The van der Waals surface area contributed by atoms with E-state index in [4.69, 9.17) is 0 Å². The van der Waals surface area contributed by atoms with E-state index in [9.17, 15) is 9.50 Å². The summed E-state index contributed by atoms with van der Waals surface area (Å²) in [5, 5.41) is 13.5. The zero-order chi connectivity index (χ0) is 13.0. The molecular weight excluding hydrogens is 285 g/mol. The molecule has 1 aromatic rings. The van der Waals surface area contributed by atoms with Crippen LogP contribution in [0.15, 0.2) is 10.5 Å². The predicted molar refractivity (Wildman–Crippen MR) is 71.0 cm³/mol. The minimum atomic E-state index is -0.613. The largest absolute Gasteiger partial charge is 0.390 e. The van der Waals surface area contributed by atoms with Crippen LogP contribution in [-0.4, -0.2) is 16.7 Å². The van der Waals surface area contributed by atoms with Gasteiger partial charge in [-0.1, -0.05) is 6.92 Å². The third kappa shape index (κ3) is 1.87. The van der Waals surface area contributed by atoms with Gasteiger partial charge in [0.25, 0.3) is 0 Å².